The van der Waals surface area contributed by atoms with E-state index in [1.54, 1.807) is 0 Å². The van der Waals surface area contributed by atoms with Crippen molar-refractivity contribution < 1.29 is 29.0 Å². The summed E-state index contributed by atoms with van der Waals surface area (Å²) in [6.45, 7) is 2.14. The van der Waals surface area contributed by atoms with E-state index >= 15 is 0 Å². The van der Waals surface area contributed by atoms with Gasteiger partial charge in [0.1, 0.15) is 23.9 Å². The lowest BCUT2D eigenvalue weighted by molar-refractivity contribution is -0.168. The van der Waals surface area contributed by atoms with Crippen molar-refractivity contribution in [2.45, 2.75) is 43.9 Å². The molecule has 3 aliphatic rings. The number of aliphatic carboxylic acids is 1. The van der Waals surface area contributed by atoms with Crippen LogP contribution in [0.5, 0.6) is 5.75 Å². The Labute approximate surface area is 174 Å². The van der Waals surface area contributed by atoms with E-state index < -0.39 is 35.9 Å². The van der Waals surface area contributed by atoms with Crippen LogP contribution in [0.2, 0.25) is 0 Å². The second kappa shape index (κ2) is 9.11. The molecular formula is C21H27N3O6. The molecule has 0 spiro atoms. The van der Waals surface area contributed by atoms with Gasteiger partial charge in [-0.05, 0) is 31.4 Å². The van der Waals surface area contributed by atoms with Crippen molar-refractivity contribution in [2.75, 3.05) is 26.2 Å². The molecule has 9 heteroatoms. The largest absolute Gasteiger partial charge is 0.489 e. The smallest absolute Gasteiger partial charge is 0.332 e. The number of hydrogen-bond donors (Lipinski definition) is 2. The molecule has 4 rings (SSSR count). The zero-order chi connectivity index (χ0) is 21.1. The number of hydrazine groups is 1. The monoisotopic (exact) mass is 417 g/mol. The second-order valence-electron chi connectivity index (χ2n) is 8.05. The molecule has 0 amide bonds. The van der Waals surface area contributed by atoms with Crippen LogP contribution in [0.4, 0.5) is 0 Å². The Kier molecular flexibility index (Phi) is 6.31. The number of esters is 2. The van der Waals surface area contributed by atoms with E-state index in [0.29, 0.717) is 45.4 Å². The summed E-state index contributed by atoms with van der Waals surface area (Å²) >= 11 is 0. The molecule has 0 bridgehead atoms. The molecule has 1 unspecified atom stereocenters. The van der Waals surface area contributed by atoms with Gasteiger partial charge in [-0.25, -0.2) is 19.6 Å². The van der Waals surface area contributed by atoms with Crippen molar-refractivity contribution in [1.82, 2.24) is 15.3 Å². The Morgan fingerprint density at radius 2 is 1.87 bits per heavy atom. The molecule has 4 atom stereocenters. The van der Waals surface area contributed by atoms with Crippen molar-refractivity contribution in [3.05, 3.63) is 30.3 Å². The molecule has 0 aromatic heterocycles. The summed E-state index contributed by atoms with van der Waals surface area (Å²) in [7, 11) is 0. The fraction of sp³-hybridized carbons (Fsp3) is 0.571. The van der Waals surface area contributed by atoms with Crippen molar-refractivity contribution in [1.29, 1.82) is 0 Å². The number of carbonyl (C=O) groups excluding carboxylic acids is 2. The van der Waals surface area contributed by atoms with Crippen LogP contribution >= 0.6 is 0 Å². The summed E-state index contributed by atoms with van der Waals surface area (Å²) in [5, 5.41) is 16.1. The van der Waals surface area contributed by atoms with E-state index in [1.807, 2.05) is 40.3 Å². The first kappa shape index (κ1) is 20.8. The first-order valence-corrected chi connectivity index (χ1v) is 10.5. The summed E-state index contributed by atoms with van der Waals surface area (Å²) in [4.78, 5) is 36.4. The minimum atomic E-state index is -0.814. The number of hydrogen-bond acceptors (Lipinski definition) is 8. The fourth-order valence-electron chi connectivity index (χ4n) is 4.41. The number of nitrogens with zero attached hydrogens (tertiary/aromatic N) is 2. The maximum atomic E-state index is 12.7. The standard InChI is InChI=1S/C21H27N3O6/c25-19(26)14-8-10-23(13-14)24-9-4-7-18(24)21(28)30-20(27)17-11-16(12-22-17)29-15-5-2-1-3-6-15/h1-3,5-6,14,16-18,22H,4,7-13H2,(H,25,26)/t14-,16+,17-,18?/m0/s1. The van der Waals surface area contributed by atoms with E-state index in [0.717, 1.165) is 12.2 Å². The lowest BCUT2D eigenvalue weighted by atomic mass is 10.1. The fourth-order valence-corrected chi connectivity index (χ4v) is 4.41. The first-order valence-electron chi connectivity index (χ1n) is 10.5. The molecule has 3 aliphatic heterocycles. The summed E-state index contributed by atoms with van der Waals surface area (Å²) in [6, 6.07) is 8.26. The number of carboxylic acid groups (broad SMARTS) is 1. The van der Waals surface area contributed by atoms with Crippen LogP contribution in [-0.2, 0) is 19.1 Å². The average molecular weight is 417 g/mol. The Balaban J connectivity index is 1.28. The molecule has 1 aromatic rings. The van der Waals surface area contributed by atoms with E-state index in [9.17, 15) is 19.5 Å². The van der Waals surface area contributed by atoms with Gasteiger partial charge in [-0.1, -0.05) is 18.2 Å². The van der Waals surface area contributed by atoms with Gasteiger partial charge in [0.25, 0.3) is 0 Å². The van der Waals surface area contributed by atoms with Crippen molar-refractivity contribution >= 4 is 17.9 Å². The molecule has 3 saturated heterocycles. The molecule has 2 N–H and O–H groups in total. The number of carboxylic acids is 1. The lowest BCUT2D eigenvalue weighted by Gasteiger charge is -2.31. The zero-order valence-corrected chi connectivity index (χ0v) is 16.7. The number of benzene rings is 1. The highest BCUT2D eigenvalue weighted by Gasteiger charge is 2.41. The molecule has 3 heterocycles. The minimum absolute atomic E-state index is 0.166. The number of rotatable bonds is 6. The van der Waals surface area contributed by atoms with Crippen LogP contribution in [0.3, 0.4) is 0 Å². The quantitative estimate of drug-likeness (QED) is 0.509. The second-order valence-corrected chi connectivity index (χ2v) is 8.05. The van der Waals surface area contributed by atoms with Gasteiger partial charge in [-0.3, -0.25) is 4.79 Å². The van der Waals surface area contributed by atoms with Crippen LogP contribution in [0, 0.1) is 5.92 Å². The van der Waals surface area contributed by atoms with Crippen molar-refractivity contribution in [3.63, 3.8) is 0 Å². The van der Waals surface area contributed by atoms with Crippen molar-refractivity contribution in [3.8, 4) is 5.75 Å². The predicted molar refractivity (Wildman–Crippen MR) is 105 cm³/mol. The normalized spacial score (nSPS) is 29.7. The molecule has 1 aromatic carbocycles. The third kappa shape index (κ3) is 4.63. The van der Waals surface area contributed by atoms with Gasteiger partial charge < -0.3 is 19.9 Å². The summed E-state index contributed by atoms with van der Waals surface area (Å²) in [6.07, 6.45) is 2.22. The van der Waals surface area contributed by atoms with Crippen LogP contribution in [0.25, 0.3) is 0 Å². The minimum Gasteiger partial charge on any atom is -0.489 e. The highest BCUT2D eigenvalue weighted by atomic mass is 16.6. The third-order valence-electron chi connectivity index (χ3n) is 6.00. The number of para-hydroxylation sites is 1. The van der Waals surface area contributed by atoms with Crippen LogP contribution in [0.15, 0.2) is 30.3 Å². The van der Waals surface area contributed by atoms with Crippen LogP contribution in [-0.4, -0.2) is 77.4 Å². The third-order valence-corrected chi connectivity index (χ3v) is 6.00. The van der Waals surface area contributed by atoms with Gasteiger partial charge in [0.15, 0.2) is 0 Å². The Bertz CT molecular complexity index is 788. The summed E-state index contributed by atoms with van der Waals surface area (Å²) in [5.74, 6) is -1.65. The number of carbonyl (C=O) groups is 3. The predicted octanol–water partition coefficient (Wildman–Crippen LogP) is 0.652. The molecule has 0 radical (unpaired) electrons. The van der Waals surface area contributed by atoms with Gasteiger partial charge in [0, 0.05) is 32.6 Å². The molecule has 9 nitrogen and oxygen atoms in total. The number of ether oxygens (including phenoxy) is 2. The maximum Gasteiger partial charge on any atom is 0.332 e. The Hall–Kier alpha value is -2.49. The maximum absolute atomic E-state index is 12.7. The molecule has 30 heavy (non-hydrogen) atoms. The van der Waals surface area contributed by atoms with E-state index in [2.05, 4.69) is 5.32 Å². The molecule has 0 aliphatic carbocycles. The molecule has 3 fully saturated rings. The molecule has 0 saturated carbocycles. The number of nitrogens with one attached hydrogen (secondary N) is 1. The summed E-state index contributed by atoms with van der Waals surface area (Å²) in [5.41, 5.74) is 0. The van der Waals surface area contributed by atoms with Gasteiger partial charge in [0.2, 0.25) is 0 Å². The van der Waals surface area contributed by atoms with Crippen LogP contribution < -0.4 is 10.1 Å². The highest BCUT2D eigenvalue weighted by Crippen LogP contribution is 2.27. The molecule has 162 valence electrons. The summed E-state index contributed by atoms with van der Waals surface area (Å²) < 4.78 is 11.1. The van der Waals surface area contributed by atoms with E-state index in [1.165, 1.54) is 0 Å². The Morgan fingerprint density at radius 3 is 2.60 bits per heavy atom. The van der Waals surface area contributed by atoms with E-state index in [-0.39, 0.29) is 6.10 Å². The van der Waals surface area contributed by atoms with Gasteiger partial charge in [-0.15, -0.1) is 0 Å². The van der Waals surface area contributed by atoms with Gasteiger partial charge in [-0.2, -0.15) is 0 Å². The Morgan fingerprint density at radius 1 is 1.07 bits per heavy atom. The lowest BCUT2D eigenvalue weighted by Crippen LogP contribution is -2.49. The average Bonchev–Trinajstić information content (AvgIpc) is 3.48. The van der Waals surface area contributed by atoms with Crippen molar-refractivity contribution in [2.24, 2.45) is 5.92 Å². The SMILES string of the molecule is O=C(OC(=O)[C@@H]1C[C@@H](Oc2ccccc2)CN1)C1CCCN1N1CC[C@H](C(=O)O)C1. The topological polar surface area (TPSA) is 108 Å². The van der Waals surface area contributed by atoms with Gasteiger partial charge >= 0.3 is 17.9 Å². The highest BCUT2D eigenvalue weighted by molar-refractivity contribution is 5.91. The van der Waals surface area contributed by atoms with E-state index in [4.69, 9.17) is 9.47 Å². The zero-order valence-electron chi connectivity index (χ0n) is 16.7. The molecular weight excluding hydrogens is 390 g/mol. The van der Waals surface area contributed by atoms with Gasteiger partial charge in [0.05, 0.1) is 5.92 Å². The first-order chi connectivity index (χ1) is 14.5. The van der Waals surface area contributed by atoms with Crippen LogP contribution in [0.1, 0.15) is 25.7 Å².